The van der Waals surface area contributed by atoms with Crippen LogP contribution in [0.2, 0.25) is 0 Å². The summed E-state index contributed by atoms with van der Waals surface area (Å²) in [7, 11) is 1.76. The third-order valence-electron chi connectivity index (χ3n) is 3.69. The van der Waals surface area contributed by atoms with Crippen LogP contribution in [0.5, 0.6) is 5.75 Å². The minimum atomic E-state index is -2.94. The molecule has 3 heterocycles. The Bertz CT molecular complexity index is 1030. The number of benzene rings is 1. The summed E-state index contributed by atoms with van der Waals surface area (Å²) in [5.74, 6) is 0.0497. The van der Waals surface area contributed by atoms with Gasteiger partial charge in [-0.1, -0.05) is 11.8 Å². The van der Waals surface area contributed by atoms with Crippen molar-refractivity contribution in [3.63, 3.8) is 0 Å². The summed E-state index contributed by atoms with van der Waals surface area (Å²) < 4.78 is 33.8. The second-order valence-electron chi connectivity index (χ2n) is 5.56. The predicted octanol–water partition coefficient (Wildman–Crippen LogP) is 3.75. The van der Waals surface area contributed by atoms with E-state index >= 15 is 0 Å². The molecule has 27 heavy (non-hydrogen) atoms. The number of aromatic amines is 1. The Morgan fingerprint density at radius 3 is 2.85 bits per heavy atom. The minimum absolute atomic E-state index is 0.0497. The maximum Gasteiger partial charge on any atom is 0.387 e. The fraction of sp³-hybridized carbons (Fsp3) is 0.118. The van der Waals surface area contributed by atoms with Gasteiger partial charge in [-0.2, -0.15) is 24.1 Å². The molecule has 0 unspecified atom stereocenters. The highest BCUT2D eigenvalue weighted by molar-refractivity contribution is 7.99. The molecule has 4 aromatic rings. The number of halogens is 2. The van der Waals surface area contributed by atoms with Gasteiger partial charge in [-0.05, 0) is 24.3 Å². The van der Waals surface area contributed by atoms with E-state index in [9.17, 15) is 8.78 Å². The topological polar surface area (TPSA) is 73.5 Å². The summed E-state index contributed by atoms with van der Waals surface area (Å²) in [6.07, 6.45) is 8.61. The zero-order valence-corrected chi connectivity index (χ0v) is 14.9. The van der Waals surface area contributed by atoms with Crippen molar-refractivity contribution in [3.05, 3.63) is 55.2 Å². The zero-order chi connectivity index (χ0) is 18.8. The average molecular weight is 388 g/mol. The highest BCUT2D eigenvalue weighted by Crippen LogP contribution is 2.38. The summed E-state index contributed by atoms with van der Waals surface area (Å²) >= 11 is 1.45. The van der Waals surface area contributed by atoms with Crippen molar-refractivity contribution in [2.75, 3.05) is 0 Å². The SMILES string of the molecule is Cn1cc(-n2cccn2)c(-c2cc(Sc3cn[nH]c3)ccc2OC(F)F)n1. The Morgan fingerprint density at radius 2 is 2.15 bits per heavy atom. The lowest BCUT2D eigenvalue weighted by molar-refractivity contribution is -0.0494. The number of rotatable bonds is 6. The first-order chi connectivity index (χ1) is 13.1. The summed E-state index contributed by atoms with van der Waals surface area (Å²) in [5, 5.41) is 15.3. The van der Waals surface area contributed by atoms with Gasteiger partial charge >= 0.3 is 6.61 Å². The Balaban J connectivity index is 1.82. The van der Waals surface area contributed by atoms with Crippen molar-refractivity contribution < 1.29 is 13.5 Å². The number of nitrogens with zero attached hydrogens (tertiary/aromatic N) is 5. The van der Waals surface area contributed by atoms with E-state index in [1.54, 1.807) is 65.6 Å². The summed E-state index contributed by atoms with van der Waals surface area (Å²) in [4.78, 5) is 1.74. The van der Waals surface area contributed by atoms with Gasteiger partial charge in [-0.25, -0.2) is 4.68 Å². The molecule has 0 atom stereocenters. The first-order valence-electron chi connectivity index (χ1n) is 7.89. The molecule has 7 nitrogen and oxygen atoms in total. The van der Waals surface area contributed by atoms with E-state index in [4.69, 9.17) is 4.74 Å². The van der Waals surface area contributed by atoms with Gasteiger partial charge in [0.25, 0.3) is 0 Å². The van der Waals surface area contributed by atoms with Gasteiger partial charge in [-0.15, -0.1) is 0 Å². The van der Waals surface area contributed by atoms with Crippen molar-refractivity contribution in [1.82, 2.24) is 29.8 Å². The Hall–Kier alpha value is -3.14. The van der Waals surface area contributed by atoms with E-state index in [1.807, 2.05) is 0 Å². The lowest BCUT2D eigenvalue weighted by Gasteiger charge is -2.12. The lowest BCUT2D eigenvalue weighted by Crippen LogP contribution is -2.04. The summed E-state index contributed by atoms with van der Waals surface area (Å²) in [5.41, 5.74) is 1.61. The van der Waals surface area contributed by atoms with Crippen LogP contribution in [-0.2, 0) is 7.05 Å². The largest absolute Gasteiger partial charge is 0.434 e. The van der Waals surface area contributed by atoms with E-state index in [1.165, 1.54) is 17.8 Å². The van der Waals surface area contributed by atoms with Gasteiger partial charge in [0, 0.05) is 41.0 Å². The molecular formula is C17H14F2N6OS. The van der Waals surface area contributed by atoms with Crippen LogP contribution in [0.1, 0.15) is 0 Å². The molecule has 1 N–H and O–H groups in total. The molecule has 0 spiro atoms. The van der Waals surface area contributed by atoms with Gasteiger partial charge in [0.1, 0.15) is 17.1 Å². The first-order valence-corrected chi connectivity index (χ1v) is 8.71. The molecular weight excluding hydrogens is 374 g/mol. The molecule has 0 saturated heterocycles. The van der Waals surface area contributed by atoms with Crippen LogP contribution in [0.25, 0.3) is 16.9 Å². The molecule has 0 saturated carbocycles. The molecule has 138 valence electrons. The highest BCUT2D eigenvalue weighted by Gasteiger charge is 2.19. The number of aryl methyl sites for hydroxylation is 1. The molecule has 3 aromatic heterocycles. The number of alkyl halides is 2. The third-order valence-corrected chi connectivity index (χ3v) is 4.64. The maximum absolute atomic E-state index is 12.9. The van der Waals surface area contributed by atoms with Crippen molar-refractivity contribution in [3.8, 4) is 22.7 Å². The van der Waals surface area contributed by atoms with Crippen molar-refractivity contribution in [2.24, 2.45) is 7.05 Å². The van der Waals surface area contributed by atoms with Crippen LogP contribution in [-0.4, -0.2) is 36.4 Å². The second kappa shape index (κ2) is 7.23. The summed E-state index contributed by atoms with van der Waals surface area (Å²) in [6.45, 7) is -2.94. The first kappa shape index (κ1) is 17.3. The molecule has 0 radical (unpaired) electrons. The molecule has 0 aliphatic rings. The Morgan fingerprint density at radius 1 is 1.26 bits per heavy atom. The number of aromatic nitrogens is 6. The van der Waals surface area contributed by atoms with Crippen LogP contribution in [0.4, 0.5) is 8.78 Å². The number of nitrogens with one attached hydrogen (secondary N) is 1. The van der Waals surface area contributed by atoms with Gasteiger partial charge in [0.05, 0.1) is 12.4 Å². The van der Waals surface area contributed by atoms with E-state index in [2.05, 4.69) is 20.4 Å². The fourth-order valence-electron chi connectivity index (χ4n) is 2.63. The van der Waals surface area contributed by atoms with E-state index < -0.39 is 6.61 Å². The number of H-pyrrole nitrogens is 1. The average Bonchev–Trinajstić information content (AvgIpc) is 3.37. The molecule has 4 rings (SSSR count). The number of hydrogen-bond acceptors (Lipinski definition) is 5. The molecule has 0 bridgehead atoms. The van der Waals surface area contributed by atoms with Crippen molar-refractivity contribution >= 4 is 11.8 Å². The predicted molar refractivity (Wildman–Crippen MR) is 95.1 cm³/mol. The standard InChI is InChI=1S/C17H14F2N6OS/c1-24-10-14(25-6-2-5-22-25)16(23-24)13-7-11(27-12-8-20-21-9-12)3-4-15(13)26-17(18)19/h2-10,17H,1H3,(H,20,21). The van der Waals surface area contributed by atoms with E-state index in [0.717, 1.165) is 9.79 Å². The van der Waals surface area contributed by atoms with Gasteiger partial charge in [0.15, 0.2) is 0 Å². The molecule has 0 aliphatic heterocycles. The summed E-state index contributed by atoms with van der Waals surface area (Å²) in [6, 6.07) is 6.78. The fourth-order valence-corrected chi connectivity index (χ4v) is 3.44. The molecule has 1 aromatic carbocycles. The van der Waals surface area contributed by atoms with Crippen molar-refractivity contribution in [2.45, 2.75) is 16.4 Å². The van der Waals surface area contributed by atoms with Crippen molar-refractivity contribution in [1.29, 1.82) is 0 Å². The van der Waals surface area contributed by atoms with Gasteiger partial charge in [0.2, 0.25) is 0 Å². The normalized spacial score (nSPS) is 11.3. The quantitative estimate of drug-likeness (QED) is 0.545. The van der Waals surface area contributed by atoms with E-state index in [0.29, 0.717) is 16.9 Å². The van der Waals surface area contributed by atoms with Gasteiger partial charge < -0.3 is 4.74 Å². The monoisotopic (exact) mass is 388 g/mol. The second-order valence-corrected chi connectivity index (χ2v) is 6.71. The molecule has 0 fully saturated rings. The third kappa shape index (κ3) is 3.70. The van der Waals surface area contributed by atoms with Gasteiger partial charge in [-0.3, -0.25) is 9.78 Å². The van der Waals surface area contributed by atoms with Crippen LogP contribution in [0.15, 0.2) is 65.0 Å². The lowest BCUT2D eigenvalue weighted by atomic mass is 10.1. The smallest absolute Gasteiger partial charge is 0.387 e. The zero-order valence-electron chi connectivity index (χ0n) is 14.1. The maximum atomic E-state index is 12.9. The van der Waals surface area contributed by atoms with Crippen LogP contribution in [0.3, 0.4) is 0 Å². The van der Waals surface area contributed by atoms with Crippen LogP contribution < -0.4 is 4.74 Å². The van der Waals surface area contributed by atoms with Crippen LogP contribution in [0, 0.1) is 0 Å². The number of ether oxygens (including phenoxy) is 1. The van der Waals surface area contributed by atoms with Crippen LogP contribution >= 0.6 is 11.8 Å². The minimum Gasteiger partial charge on any atom is -0.434 e. The Kier molecular flexibility index (Phi) is 4.63. The molecule has 0 aliphatic carbocycles. The molecule has 10 heteroatoms. The Labute approximate surface area is 157 Å². The van der Waals surface area contributed by atoms with E-state index in [-0.39, 0.29) is 5.75 Å². The molecule has 0 amide bonds. The number of hydrogen-bond donors (Lipinski definition) is 1. The highest BCUT2D eigenvalue weighted by atomic mass is 32.2.